The van der Waals surface area contributed by atoms with Crippen molar-refractivity contribution in [3.63, 3.8) is 0 Å². The molecular weight excluding hydrogens is 308 g/mol. The summed E-state index contributed by atoms with van der Waals surface area (Å²) in [4.78, 5) is 12.1. The maximum Gasteiger partial charge on any atom is 0.319 e. The molecular formula is C18H24N2O4. The zero-order valence-electron chi connectivity index (χ0n) is 14.0. The van der Waals surface area contributed by atoms with E-state index in [0.717, 1.165) is 12.8 Å². The number of unbranched alkanes of at least 4 members (excludes halogenated alkanes) is 1. The van der Waals surface area contributed by atoms with Crippen molar-refractivity contribution in [2.45, 2.75) is 32.3 Å². The topological polar surface area (TPSA) is 83.7 Å². The number of hydrogen-bond donors (Lipinski definition) is 3. The summed E-state index contributed by atoms with van der Waals surface area (Å²) in [6, 6.07) is 10.2. The molecule has 1 atom stereocenters. The van der Waals surface area contributed by atoms with Crippen molar-refractivity contribution in [3.8, 4) is 5.75 Å². The van der Waals surface area contributed by atoms with Gasteiger partial charge in [0.2, 0.25) is 0 Å². The molecule has 2 aromatic rings. The number of hydrogen-bond acceptors (Lipinski definition) is 4. The van der Waals surface area contributed by atoms with E-state index in [0.29, 0.717) is 23.8 Å². The van der Waals surface area contributed by atoms with Crippen LogP contribution in [0, 0.1) is 0 Å². The zero-order valence-corrected chi connectivity index (χ0v) is 14.0. The molecule has 3 N–H and O–H groups in total. The van der Waals surface area contributed by atoms with Crippen molar-refractivity contribution in [2.75, 3.05) is 18.5 Å². The Bertz CT molecular complexity index is 638. The molecule has 1 heterocycles. The normalized spacial score (nSPS) is 13.1. The van der Waals surface area contributed by atoms with E-state index in [1.807, 2.05) is 18.2 Å². The summed E-state index contributed by atoms with van der Waals surface area (Å²) in [6.45, 7) is 4.29. The van der Waals surface area contributed by atoms with Crippen LogP contribution in [0.25, 0.3) is 0 Å². The second-order valence-corrected chi connectivity index (χ2v) is 5.76. The second-order valence-electron chi connectivity index (χ2n) is 5.76. The van der Waals surface area contributed by atoms with Crippen molar-refractivity contribution >= 4 is 11.7 Å². The summed E-state index contributed by atoms with van der Waals surface area (Å²) >= 11 is 0. The summed E-state index contributed by atoms with van der Waals surface area (Å²) in [5.41, 5.74) is -0.693. The zero-order chi connectivity index (χ0) is 17.4. The molecule has 1 aromatic carbocycles. The van der Waals surface area contributed by atoms with Gasteiger partial charge in [0.1, 0.15) is 17.1 Å². The average Bonchev–Trinajstić information content (AvgIpc) is 3.10. The van der Waals surface area contributed by atoms with Crippen LogP contribution in [0.3, 0.4) is 0 Å². The number of benzene rings is 1. The van der Waals surface area contributed by atoms with Gasteiger partial charge in [-0.2, -0.15) is 0 Å². The van der Waals surface area contributed by atoms with Crippen molar-refractivity contribution in [2.24, 2.45) is 0 Å². The predicted octanol–water partition coefficient (Wildman–Crippen LogP) is 3.49. The predicted molar refractivity (Wildman–Crippen MR) is 92.1 cm³/mol. The standard InChI is InChI=1S/C18H24N2O4/c1-3-4-11-23-15-9-6-5-8-14(15)20-17(21)19-13-18(2,22)16-10-7-12-24-16/h5-10,12,22H,3-4,11,13H2,1-2H3,(H2,19,20,21). The number of furan rings is 1. The van der Waals surface area contributed by atoms with Crippen molar-refractivity contribution in [3.05, 3.63) is 48.4 Å². The third-order valence-electron chi connectivity index (χ3n) is 3.54. The summed E-state index contributed by atoms with van der Waals surface area (Å²) in [5, 5.41) is 15.7. The molecule has 0 fully saturated rings. The van der Waals surface area contributed by atoms with Gasteiger partial charge in [0.15, 0.2) is 0 Å². The average molecular weight is 332 g/mol. The fourth-order valence-corrected chi connectivity index (χ4v) is 2.11. The van der Waals surface area contributed by atoms with Gasteiger partial charge in [-0.25, -0.2) is 4.79 Å². The van der Waals surface area contributed by atoms with Crippen molar-refractivity contribution in [1.82, 2.24) is 5.32 Å². The lowest BCUT2D eigenvalue weighted by atomic mass is 10.0. The number of rotatable bonds is 8. The third kappa shape index (κ3) is 5.03. The fourth-order valence-electron chi connectivity index (χ4n) is 2.11. The number of aliphatic hydroxyl groups is 1. The maximum atomic E-state index is 12.1. The van der Waals surface area contributed by atoms with E-state index in [2.05, 4.69) is 17.6 Å². The van der Waals surface area contributed by atoms with E-state index in [1.54, 1.807) is 25.1 Å². The molecule has 0 bridgehead atoms. The lowest BCUT2D eigenvalue weighted by molar-refractivity contribution is 0.0372. The van der Waals surface area contributed by atoms with Crippen LogP contribution in [0.1, 0.15) is 32.4 Å². The van der Waals surface area contributed by atoms with E-state index in [1.165, 1.54) is 6.26 Å². The van der Waals surface area contributed by atoms with Gasteiger partial charge in [-0.15, -0.1) is 0 Å². The number of urea groups is 1. The maximum absolute atomic E-state index is 12.1. The highest BCUT2D eigenvalue weighted by molar-refractivity contribution is 5.90. The number of para-hydroxylation sites is 2. The van der Waals surface area contributed by atoms with Crippen LogP contribution < -0.4 is 15.4 Å². The molecule has 6 heteroatoms. The summed E-state index contributed by atoms with van der Waals surface area (Å²) in [5.74, 6) is 1.02. The first-order valence-corrected chi connectivity index (χ1v) is 8.06. The summed E-state index contributed by atoms with van der Waals surface area (Å²) < 4.78 is 10.9. The van der Waals surface area contributed by atoms with E-state index < -0.39 is 11.6 Å². The number of anilines is 1. The summed E-state index contributed by atoms with van der Waals surface area (Å²) in [6.07, 6.45) is 3.47. The minimum absolute atomic E-state index is 0.0191. The van der Waals surface area contributed by atoms with E-state index in [4.69, 9.17) is 9.15 Å². The fraction of sp³-hybridized carbons (Fsp3) is 0.389. The number of amides is 2. The Kier molecular flexibility index (Phi) is 6.26. The molecule has 1 unspecified atom stereocenters. The van der Waals surface area contributed by atoms with Crippen molar-refractivity contribution < 1.29 is 19.1 Å². The van der Waals surface area contributed by atoms with Gasteiger partial charge in [-0.05, 0) is 37.6 Å². The van der Waals surface area contributed by atoms with E-state index in [-0.39, 0.29) is 6.54 Å². The van der Waals surface area contributed by atoms with Gasteiger partial charge in [0, 0.05) is 0 Å². The minimum atomic E-state index is -1.28. The highest BCUT2D eigenvalue weighted by Crippen LogP contribution is 2.24. The lowest BCUT2D eigenvalue weighted by Gasteiger charge is -2.21. The van der Waals surface area contributed by atoms with Gasteiger partial charge >= 0.3 is 6.03 Å². The Hall–Kier alpha value is -2.47. The first kappa shape index (κ1) is 17.9. The SMILES string of the molecule is CCCCOc1ccccc1NC(=O)NCC(C)(O)c1ccco1. The molecule has 24 heavy (non-hydrogen) atoms. The molecule has 0 spiro atoms. The molecule has 0 aliphatic rings. The molecule has 0 aliphatic carbocycles. The molecule has 6 nitrogen and oxygen atoms in total. The van der Waals surface area contributed by atoms with E-state index in [9.17, 15) is 9.90 Å². The molecule has 0 radical (unpaired) electrons. The monoisotopic (exact) mass is 332 g/mol. The van der Waals surface area contributed by atoms with Crippen LogP contribution in [0.2, 0.25) is 0 Å². The van der Waals surface area contributed by atoms with Gasteiger partial charge in [-0.3, -0.25) is 0 Å². The first-order chi connectivity index (χ1) is 11.5. The van der Waals surface area contributed by atoms with Crippen molar-refractivity contribution in [1.29, 1.82) is 0 Å². The van der Waals surface area contributed by atoms with Gasteiger partial charge in [-0.1, -0.05) is 25.5 Å². The summed E-state index contributed by atoms with van der Waals surface area (Å²) in [7, 11) is 0. The second kappa shape index (κ2) is 8.40. The molecule has 130 valence electrons. The van der Waals surface area contributed by atoms with Crippen LogP contribution in [0.5, 0.6) is 5.75 Å². The molecule has 0 aliphatic heterocycles. The van der Waals surface area contributed by atoms with E-state index >= 15 is 0 Å². The molecule has 1 aromatic heterocycles. The molecule has 2 amide bonds. The minimum Gasteiger partial charge on any atom is -0.491 e. The van der Waals surface area contributed by atoms with Gasteiger partial charge in [0.25, 0.3) is 0 Å². The Morgan fingerprint density at radius 2 is 2.08 bits per heavy atom. The Labute approximate surface area is 141 Å². The lowest BCUT2D eigenvalue weighted by Crippen LogP contribution is -2.40. The van der Waals surface area contributed by atoms with Crippen LogP contribution in [0.15, 0.2) is 47.1 Å². The van der Waals surface area contributed by atoms with Crippen LogP contribution in [-0.4, -0.2) is 24.3 Å². The molecule has 0 saturated carbocycles. The smallest absolute Gasteiger partial charge is 0.319 e. The largest absolute Gasteiger partial charge is 0.491 e. The highest BCUT2D eigenvalue weighted by Gasteiger charge is 2.26. The number of carbonyl (C=O) groups excluding carboxylic acids is 1. The van der Waals surface area contributed by atoms with Crippen LogP contribution >= 0.6 is 0 Å². The Morgan fingerprint density at radius 1 is 1.29 bits per heavy atom. The number of carbonyl (C=O) groups is 1. The number of ether oxygens (including phenoxy) is 1. The molecule has 0 saturated heterocycles. The van der Waals surface area contributed by atoms with Crippen LogP contribution in [-0.2, 0) is 5.60 Å². The van der Waals surface area contributed by atoms with Crippen LogP contribution in [0.4, 0.5) is 10.5 Å². The first-order valence-electron chi connectivity index (χ1n) is 8.06. The quantitative estimate of drug-likeness (QED) is 0.646. The van der Waals surface area contributed by atoms with Gasteiger partial charge < -0.3 is 24.9 Å². The molecule has 2 rings (SSSR count). The number of nitrogens with one attached hydrogen (secondary N) is 2. The Balaban J connectivity index is 1.90. The highest BCUT2D eigenvalue weighted by atomic mass is 16.5. The third-order valence-corrected chi connectivity index (χ3v) is 3.54. The Morgan fingerprint density at radius 3 is 2.79 bits per heavy atom. The van der Waals surface area contributed by atoms with Gasteiger partial charge in [0.05, 0.1) is 25.1 Å².